The van der Waals surface area contributed by atoms with Gasteiger partial charge >= 0.3 is 0 Å². The van der Waals surface area contributed by atoms with Gasteiger partial charge in [-0.05, 0) is 38.2 Å². The number of rotatable bonds is 10. The van der Waals surface area contributed by atoms with Gasteiger partial charge in [0.15, 0.2) is 23.3 Å². The molecule has 32 heavy (non-hydrogen) atoms. The fourth-order valence-corrected chi connectivity index (χ4v) is 3.62. The highest BCUT2D eigenvalue weighted by Gasteiger charge is 2.20. The Balaban J connectivity index is 0.00000363. The van der Waals surface area contributed by atoms with Crippen molar-refractivity contribution < 1.29 is 14.0 Å². The van der Waals surface area contributed by atoms with E-state index in [1.807, 2.05) is 12.1 Å². The van der Waals surface area contributed by atoms with E-state index in [0.717, 1.165) is 61.1 Å². The summed E-state index contributed by atoms with van der Waals surface area (Å²) in [4.78, 5) is 8.73. The number of nitrogens with zero attached hydrogens (tertiary/aromatic N) is 3. The van der Waals surface area contributed by atoms with E-state index >= 15 is 0 Å². The number of ether oxygens (including phenoxy) is 2. The molecule has 3 rings (SSSR count). The SMILES string of the molecule is CN=C(NCCCc1nc(C(C)C)no1)NCc1cccc(OC)c1OC1CCCC1.I. The summed E-state index contributed by atoms with van der Waals surface area (Å²) in [6.45, 7) is 5.46. The normalized spacial score (nSPS) is 14.3. The van der Waals surface area contributed by atoms with Crippen molar-refractivity contribution in [2.45, 2.75) is 70.9 Å². The Kier molecular flexibility index (Phi) is 11.1. The minimum atomic E-state index is 0. The van der Waals surface area contributed by atoms with Gasteiger partial charge in [-0.2, -0.15) is 4.98 Å². The number of halogens is 1. The summed E-state index contributed by atoms with van der Waals surface area (Å²) < 4.78 is 17.2. The summed E-state index contributed by atoms with van der Waals surface area (Å²) in [5.41, 5.74) is 1.06. The molecule has 8 nitrogen and oxygen atoms in total. The van der Waals surface area contributed by atoms with Crippen molar-refractivity contribution in [2.24, 2.45) is 4.99 Å². The van der Waals surface area contributed by atoms with Crippen LogP contribution in [-0.2, 0) is 13.0 Å². The molecule has 0 bridgehead atoms. The molecule has 0 radical (unpaired) electrons. The number of aliphatic imine (C=N–C) groups is 1. The highest BCUT2D eigenvalue weighted by molar-refractivity contribution is 14.0. The minimum absolute atomic E-state index is 0. The number of guanidine groups is 1. The van der Waals surface area contributed by atoms with Gasteiger partial charge in [-0.15, -0.1) is 24.0 Å². The van der Waals surface area contributed by atoms with Gasteiger partial charge in [0.1, 0.15) is 0 Å². The molecule has 1 aromatic heterocycles. The highest BCUT2D eigenvalue weighted by Crippen LogP contribution is 2.34. The van der Waals surface area contributed by atoms with Crippen LogP contribution in [-0.4, -0.2) is 42.9 Å². The Morgan fingerprint density at radius 3 is 2.69 bits per heavy atom. The zero-order chi connectivity index (χ0) is 22.1. The summed E-state index contributed by atoms with van der Waals surface area (Å²) in [5.74, 6) is 4.06. The van der Waals surface area contributed by atoms with Crippen LogP contribution in [0, 0.1) is 0 Å². The predicted octanol–water partition coefficient (Wildman–Crippen LogP) is 4.44. The zero-order valence-electron chi connectivity index (χ0n) is 19.5. The number of benzene rings is 1. The first-order valence-electron chi connectivity index (χ1n) is 11.2. The van der Waals surface area contributed by atoms with Crippen molar-refractivity contribution in [3.05, 3.63) is 35.5 Å². The summed E-state index contributed by atoms with van der Waals surface area (Å²) in [6, 6.07) is 6.00. The predicted molar refractivity (Wildman–Crippen MR) is 136 cm³/mol. The van der Waals surface area contributed by atoms with E-state index in [4.69, 9.17) is 14.0 Å². The molecule has 1 saturated carbocycles. The Bertz CT molecular complexity index is 850. The third-order valence-corrected chi connectivity index (χ3v) is 5.40. The second-order valence-electron chi connectivity index (χ2n) is 8.13. The van der Waals surface area contributed by atoms with Crippen LogP contribution in [0.5, 0.6) is 11.5 Å². The lowest BCUT2D eigenvalue weighted by Gasteiger charge is -2.20. The van der Waals surface area contributed by atoms with E-state index in [1.165, 1.54) is 12.8 Å². The number of aromatic nitrogens is 2. The summed E-state index contributed by atoms with van der Waals surface area (Å²) in [6.07, 6.45) is 6.54. The standard InChI is InChI=1S/C23H35N5O3.HI/c1-16(2)22-27-20(31-28-22)13-8-14-25-23(24-3)26-15-17-9-7-12-19(29-4)21(17)30-18-10-5-6-11-18;/h7,9,12,16,18H,5-6,8,10-11,13-15H2,1-4H3,(H2,24,25,26);1H. The van der Waals surface area contributed by atoms with E-state index < -0.39 is 0 Å². The van der Waals surface area contributed by atoms with Crippen LogP contribution in [0.25, 0.3) is 0 Å². The molecule has 0 saturated heterocycles. The maximum Gasteiger partial charge on any atom is 0.226 e. The number of para-hydroxylation sites is 1. The Morgan fingerprint density at radius 1 is 1.25 bits per heavy atom. The van der Waals surface area contributed by atoms with Crippen LogP contribution in [0.1, 0.15) is 69.1 Å². The van der Waals surface area contributed by atoms with E-state index in [9.17, 15) is 0 Å². The van der Waals surface area contributed by atoms with Gasteiger partial charge in [-0.3, -0.25) is 4.99 Å². The lowest BCUT2D eigenvalue weighted by molar-refractivity contribution is 0.198. The van der Waals surface area contributed by atoms with Gasteiger partial charge in [-0.1, -0.05) is 31.1 Å². The van der Waals surface area contributed by atoms with Gasteiger partial charge in [0.2, 0.25) is 5.89 Å². The lowest BCUT2D eigenvalue weighted by atomic mass is 10.1. The van der Waals surface area contributed by atoms with Crippen molar-refractivity contribution in [3.63, 3.8) is 0 Å². The number of aryl methyl sites for hydroxylation is 1. The van der Waals surface area contributed by atoms with Crippen molar-refractivity contribution >= 4 is 29.9 Å². The third kappa shape index (κ3) is 7.53. The molecular weight excluding hydrogens is 521 g/mol. The summed E-state index contributed by atoms with van der Waals surface area (Å²) in [5, 5.41) is 10.7. The van der Waals surface area contributed by atoms with Gasteiger partial charge in [0.05, 0.1) is 13.2 Å². The van der Waals surface area contributed by atoms with Crippen LogP contribution in [0.4, 0.5) is 0 Å². The molecule has 0 spiro atoms. The summed E-state index contributed by atoms with van der Waals surface area (Å²) >= 11 is 0. The topological polar surface area (TPSA) is 93.8 Å². The zero-order valence-corrected chi connectivity index (χ0v) is 21.8. The molecule has 1 aromatic carbocycles. The second-order valence-corrected chi connectivity index (χ2v) is 8.13. The monoisotopic (exact) mass is 557 g/mol. The molecule has 0 aliphatic heterocycles. The van der Waals surface area contributed by atoms with Crippen LogP contribution in [0.15, 0.2) is 27.7 Å². The average molecular weight is 557 g/mol. The van der Waals surface area contributed by atoms with Crippen LogP contribution in [0.3, 0.4) is 0 Å². The molecule has 0 atom stereocenters. The number of nitrogens with one attached hydrogen (secondary N) is 2. The first-order valence-corrected chi connectivity index (χ1v) is 11.2. The quantitative estimate of drug-likeness (QED) is 0.193. The van der Waals surface area contributed by atoms with Crippen molar-refractivity contribution in [1.29, 1.82) is 0 Å². The van der Waals surface area contributed by atoms with E-state index in [2.05, 4.69) is 45.7 Å². The molecular formula is C23H36IN5O3. The fraction of sp³-hybridized carbons (Fsp3) is 0.609. The van der Waals surface area contributed by atoms with Gasteiger partial charge in [0, 0.05) is 38.0 Å². The number of methoxy groups -OCH3 is 1. The number of hydrogen-bond acceptors (Lipinski definition) is 6. The molecule has 1 fully saturated rings. The lowest BCUT2D eigenvalue weighted by Crippen LogP contribution is -2.37. The van der Waals surface area contributed by atoms with Gasteiger partial charge in [-0.25, -0.2) is 0 Å². The number of hydrogen-bond donors (Lipinski definition) is 2. The maximum atomic E-state index is 6.31. The third-order valence-electron chi connectivity index (χ3n) is 5.40. The molecule has 2 N–H and O–H groups in total. The minimum Gasteiger partial charge on any atom is -0.493 e. The molecule has 0 amide bonds. The Morgan fingerprint density at radius 2 is 2.03 bits per heavy atom. The molecule has 178 valence electrons. The van der Waals surface area contributed by atoms with Crippen molar-refractivity contribution in [3.8, 4) is 11.5 Å². The largest absolute Gasteiger partial charge is 0.493 e. The van der Waals surface area contributed by atoms with Crippen LogP contribution >= 0.6 is 24.0 Å². The first kappa shape index (κ1) is 26.2. The Labute approximate surface area is 208 Å². The first-order chi connectivity index (χ1) is 15.1. The molecule has 2 aromatic rings. The molecule has 1 aliphatic rings. The molecule has 1 aliphatic carbocycles. The van der Waals surface area contributed by atoms with Crippen molar-refractivity contribution in [1.82, 2.24) is 20.8 Å². The van der Waals surface area contributed by atoms with E-state index in [1.54, 1.807) is 14.2 Å². The summed E-state index contributed by atoms with van der Waals surface area (Å²) in [7, 11) is 3.45. The molecule has 1 heterocycles. The van der Waals surface area contributed by atoms with Gasteiger partial charge in [0.25, 0.3) is 0 Å². The van der Waals surface area contributed by atoms with Crippen LogP contribution < -0.4 is 20.1 Å². The average Bonchev–Trinajstić information content (AvgIpc) is 3.46. The van der Waals surface area contributed by atoms with E-state index in [-0.39, 0.29) is 36.0 Å². The Hall–Kier alpha value is -2.04. The van der Waals surface area contributed by atoms with Crippen LogP contribution in [0.2, 0.25) is 0 Å². The molecule has 9 heteroatoms. The van der Waals surface area contributed by atoms with E-state index in [0.29, 0.717) is 12.4 Å². The fourth-order valence-electron chi connectivity index (χ4n) is 3.62. The van der Waals surface area contributed by atoms with Gasteiger partial charge < -0.3 is 24.6 Å². The van der Waals surface area contributed by atoms with Crippen molar-refractivity contribution in [2.75, 3.05) is 20.7 Å². The second kappa shape index (κ2) is 13.5. The molecule has 0 unspecified atom stereocenters. The highest BCUT2D eigenvalue weighted by atomic mass is 127. The smallest absolute Gasteiger partial charge is 0.226 e. The maximum absolute atomic E-state index is 6.31.